The molecule has 0 radical (unpaired) electrons. The summed E-state index contributed by atoms with van der Waals surface area (Å²) in [5.74, 6) is -1.49. The molecule has 1 aromatic heterocycles. The molecule has 2 unspecified atom stereocenters. The number of halogens is 5. The zero-order valence-electron chi connectivity index (χ0n) is 17.1. The third-order valence-corrected chi connectivity index (χ3v) is 5.06. The maximum absolute atomic E-state index is 14.9. The van der Waals surface area contributed by atoms with Crippen LogP contribution >= 0.6 is 11.6 Å². The first-order chi connectivity index (χ1) is 14.8. The fourth-order valence-electron chi connectivity index (χ4n) is 3.24. The number of anilines is 1. The van der Waals surface area contributed by atoms with Gasteiger partial charge in [0.15, 0.2) is 6.10 Å². The lowest BCUT2D eigenvalue weighted by Gasteiger charge is -2.36. The van der Waals surface area contributed by atoms with Crippen LogP contribution < -0.4 is 15.8 Å². The smallest absolute Gasteiger partial charge is 0.425 e. The first-order valence-corrected chi connectivity index (χ1v) is 9.49. The summed E-state index contributed by atoms with van der Waals surface area (Å²) in [5, 5.41) is 2.06. The Morgan fingerprint density at radius 1 is 1.41 bits per heavy atom. The topological polar surface area (TPSA) is 112 Å². The number of hydrogen-bond donors (Lipinski definition) is 2. The van der Waals surface area contributed by atoms with Crippen molar-refractivity contribution in [3.05, 3.63) is 46.1 Å². The van der Waals surface area contributed by atoms with Gasteiger partial charge in [0, 0.05) is 17.7 Å². The molecule has 0 bridgehead atoms. The van der Waals surface area contributed by atoms with Gasteiger partial charge in [0.05, 0.1) is 29.6 Å². The number of methoxy groups -OCH3 is 1. The van der Waals surface area contributed by atoms with Crippen LogP contribution in [0.4, 0.5) is 23.2 Å². The van der Waals surface area contributed by atoms with Gasteiger partial charge in [-0.25, -0.2) is 19.4 Å². The number of carbonyl (C=O) groups is 1. The van der Waals surface area contributed by atoms with Crippen molar-refractivity contribution in [3.63, 3.8) is 0 Å². The molecule has 172 valence electrons. The zero-order valence-corrected chi connectivity index (χ0v) is 17.8. The summed E-state index contributed by atoms with van der Waals surface area (Å²) in [4.78, 5) is 24.5. The molecule has 0 spiro atoms. The van der Waals surface area contributed by atoms with Crippen molar-refractivity contribution >= 4 is 29.2 Å². The summed E-state index contributed by atoms with van der Waals surface area (Å²) in [6.45, 7) is 2.80. The number of carbonyl (C=O) groups excluding carboxylic acids is 1. The number of aliphatic imine (C=N–C) groups is 1. The van der Waals surface area contributed by atoms with Crippen LogP contribution in [0.1, 0.15) is 35.1 Å². The summed E-state index contributed by atoms with van der Waals surface area (Å²) >= 11 is 5.96. The number of rotatable bonds is 4. The van der Waals surface area contributed by atoms with Crippen LogP contribution in [0.3, 0.4) is 0 Å². The van der Waals surface area contributed by atoms with E-state index >= 15 is 0 Å². The normalized spacial score (nSPS) is 20.9. The van der Waals surface area contributed by atoms with E-state index in [1.54, 1.807) is 0 Å². The number of benzene rings is 1. The number of aryl methyl sites for hydroxylation is 1. The van der Waals surface area contributed by atoms with E-state index in [0.717, 1.165) is 12.1 Å². The highest BCUT2D eigenvalue weighted by atomic mass is 35.5. The largest absolute Gasteiger partial charge is 0.480 e. The Bertz CT molecular complexity index is 1100. The summed E-state index contributed by atoms with van der Waals surface area (Å²) in [5.41, 5.74) is 3.62. The Labute approximate surface area is 184 Å². The molecular weight excluding hydrogens is 458 g/mol. The predicted molar refractivity (Wildman–Crippen MR) is 107 cm³/mol. The van der Waals surface area contributed by atoms with Crippen molar-refractivity contribution < 1.29 is 31.8 Å². The Balaban J connectivity index is 1.98. The molecule has 32 heavy (non-hydrogen) atoms. The third kappa shape index (κ3) is 4.69. The second kappa shape index (κ2) is 8.41. The minimum absolute atomic E-state index is 0.0125. The van der Waals surface area contributed by atoms with Crippen molar-refractivity contribution in [1.82, 2.24) is 9.97 Å². The average molecular weight is 476 g/mol. The van der Waals surface area contributed by atoms with Crippen LogP contribution in [0.5, 0.6) is 5.88 Å². The lowest BCUT2D eigenvalue weighted by atomic mass is 9.85. The molecule has 13 heteroatoms. The van der Waals surface area contributed by atoms with Crippen molar-refractivity contribution in [2.45, 2.75) is 38.1 Å². The lowest BCUT2D eigenvalue weighted by Crippen LogP contribution is -2.46. The molecule has 3 N–H and O–H groups in total. The van der Waals surface area contributed by atoms with Crippen molar-refractivity contribution in [2.75, 3.05) is 12.4 Å². The fourth-order valence-corrected chi connectivity index (χ4v) is 3.46. The van der Waals surface area contributed by atoms with Crippen LogP contribution in [-0.4, -0.2) is 41.3 Å². The Kier molecular flexibility index (Phi) is 6.18. The highest BCUT2D eigenvalue weighted by molar-refractivity contribution is 6.31. The summed E-state index contributed by atoms with van der Waals surface area (Å²) < 4.78 is 64.1. The van der Waals surface area contributed by atoms with Crippen molar-refractivity contribution in [2.24, 2.45) is 10.7 Å². The van der Waals surface area contributed by atoms with Crippen LogP contribution in [0.15, 0.2) is 23.3 Å². The predicted octanol–water partition coefficient (Wildman–Crippen LogP) is 3.72. The Morgan fingerprint density at radius 3 is 2.69 bits per heavy atom. The van der Waals surface area contributed by atoms with Gasteiger partial charge < -0.3 is 20.5 Å². The van der Waals surface area contributed by atoms with E-state index < -0.39 is 47.0 Å². The van der Waals surface area contributed by atoms with Gasteiger partial charge in [-0.2, -0.15) is 13.2 Å². The van der Waals surface area contributed by atoms with Gasteiger partial charge in [-0.15, -0.1) is 0 Å². The minimum Gasteiger partial charge on any atom is -0.480 e. The van der Waals surface area contributed by atoms with Crippen LogP contribution in [-0.2, 0) is 10.3 Å². The second-order valence-corrected chi connectivity index (χ2v) is 7.60. The van der Waals surface area contributed by atoms with Gasteiger partial charge in [0.1, 0.15) is 11.5 Å². The Hall–Kier alpha value is -3.15. The van der Waals surface area contributed by atoms with Gasteiger partial charge >= 0.3 is 6.18 Å². The molecule has 1 aliphatic rings. The highest BCUT2D eigenvalue weighted by Crippen LogP contribution is 2.42. The van der Waals surface area contributed by atoms with Gasteiger partial charge in [0.2, 0.25) is 5.88 Å². The molecule has 1 aliphatic heterocycles. The molecule has 2 heterocycles. The van der Waals surface area contributed by atoms with Gasteiger partial charge in [-0.3, -0.25) is 4.79 Å². The van der Waals surface area contributed by atoms with Crippen molar-refractivity contribution in [3.8, 4) is 5.88 Å². The number of nitrogens with zero attached hydrogens (tertiary/aromatic N) is 3. The maximum Gasteiger partial charge on any atom is 0.425 e. The van der Waals surface area contributed by atoms with E-state index in [0.29, 0.717) is 0 Å². The third-order valence-electron chi connectivity index (χ3n) is 4.78. The number of amides is 1. The molecule has 3 rings (SSSR count). The van der Waals surface area contributed by atoms with Crippen LogP contribution in [0.2, 0.25) is 5.02 Å². The van der Waals surface area contributed by atoms with E-state index in [2.05, 4.69) is 25.0 Å². The Morgan fingerprint density at radius 2 is 2.09 bits per heavy atom. The number of nitrogens with one attached hydrogen (secondary N) is 1. The number of ether oxygens (including phenoxy) is 2. The SMILES string of the molecule is COc1cnc(C(=O)Nc2cc(Cl)c(F)c(C3(C)CC(C(F)(F)F)OC(N)=N3)c2)c(C)n1. The number of aromatic nitrogens is 2. The monoisotopic (exact) mass is 475 g/mol. The number of amidine groups is 1. The molecule has 2 atom stereocenters. The van der Waals surface area contributed by atoms with Crippen LogP contribution in [0, 0.1) is 12.7 Å². The number of nitrogens with two attached hydrogens (primary N) is 1. The number of hydrogen-bond acceptors (Lipinski definition) is 7. The van der Waals surface area contributed by atoms with E-state index in [1.165, 1.54) is 27.2 Å². The molecule has 0 saturated heterocycles. The quantitative estimate of drug-likeness (QED) is 0.652. The van der Waals surface area contributed by atoms with E-state index in [4.69, 9.17) is 22.1 Å². The van der Waals surface area contributed by atoms with Crippen molar-refractivity contribution in [1.29, 1.82) is 0 Å². The van der Waals surface area contributed by atoms with E-state index in [-0.39, 0.29) is 28.5 Å². The minimum atomic E-state index is -4.75. The van der Waals surface area contributed by atoms with E-state index in [1.807, 2.05) is 0 Å². The van der Waals surface area contributed by atoms with Crippen LogP contribution in [0.25, 0.3) is 0 Å². The standard InChI is InChI=1S/C19H18ClF4N5O3/c1-8-15(26-7-13(27-8)31-3)16(30)28-9-4-10(14(21)11(20)5-9)18(2)6-12(19(22,23)24)32-17(25)29-18/h4-5,7,12H,6H2,1-3H3,(H2,25,29)(H,28,30). The summed E-state index contributed by atoms with van der Waals surface area (Å²) in [6.07, 6.45) is -6.55. The lowest BCUT2D eigenvalue weighted by molar-refractivity contribution is -0.208. The second-order valence-electron chi connectivity index (χ2n) is 7.20. The zero-order chi connectivity index (χ0) is 23.8. The molecule has 0 saturated carbocycles. The molecule has 1 aromatic carbocycles. The molecule has 8 nitrogen and oxygen atoms in total. The molecule has 0 fully saturated rings. The van der Waals surface area contributed by atoms with E-state index in [9.17, 15) is 22.4 Å². The molecule has 0 aliphatic carbocycles. The van der Waals surface area contributed by atoms with Gasteiger partial charge in [0.25, 0.3) is 11.9 Å². The summed E-state index contributed by atoms with van der Waals surface area (Å²) in [6, 6.07) is 1.51. The maximum atomic E-state index is 14.9. The number of alkyl halides is 3. The highest BCUT2D eigenvalue weighted by Gasteiger charge is 2.50. The summed E-state index contributed by atoms with van der Waals surface area (Å²) in [7, 11) is 1.39. The molecular formula is C19H18ClF4N5O3. The molecule has 2 aromatic rings. The van der Waals surface area contributed by atoms with Gasteiger partial charge in [-0.1, -0.05) is 11.6 Å². The molecule has 1 amide bonds. The van der Waals surface area contributed by atoms with Gasteiger partial charge in [-0.05, 0) is 26.0 Å². The average Bonchev–Trinajstić information content (AvgIpc) is 2.68. The first kappa shape index (κ1) is 23.5. The fraction of sp³-hybridized carbons (Fsp3) is 0.368. The first-order valence-electron chi connectivity index (χ1n) is 9.11.